The number of likely N-dealkylation sites (tertiary alicyclic amines) is 1. The Labute approximate surface area is 228 Å². The largest absolute Gasteiger partial charge is 0.508 e. The number of ketones is 2. The zero-order valence-corrected chi connectivity index (χ0v) is 22.0. The molecule has 0 unspecified atom stereocenters. The number of fused-ring (bicyclic) bond motifs is 3. The number of aliphatic hydroxyl groups is 3. The van der Waals surface area contributed by atoms with Crippen molar-refractivity contribution < 1.29 is 44.0 Å². The van der Waals surface area contributed by atoms with Crippen LogP contribution in [0.25, 0.3) is 5.76 Å². The quantitative estimate of drug-likeness (QED) is 0.214. The molecule has 0 radical (unpaired) electrons. The number of halogens is 1. The van der Waals surface area contributed by atoms with Gasteiger partial charge in [0.05, 0.1) is 23.8 Å². The van der Waals surface area contributed by atoms with E-state index in [1.807, 2.05) is 4.90 Å². The van der Waals surface area contributed by atoms with E-state index in [0.717, 1.165) is 32.0 Å². The van der Waals surface area contributed by atoms with Gasteiger partial charge in [-0.15, -0.1) is 0 Å². The molecule has 1 aliphatic heterocycles. The van der Waals surface area contributed by atoms with Crippen LogP contribution in [0.15, 0.2) is 23.0 Å². The fourth-order valence-electron chi connectivity index (χ4n) is 6.69. The molecule has 7 N–H and O–H groups in total. The standard InChI is InChI=1S/C27H31FN4O8/c1-31(2)20-13-8-11-7-12-14(28)9-15(30-16(33)10-32-5-3-4-6-32)21(34)18(12)22(35)17(11)24(37)27(13,40)25(38)19(23(20)36)26(29)39/h9,11,13,20,34-35,38,40H,3-8,10H2,1-2H3,(H2,29,39)(H,30,33)/t11-,13-,20-,27-/m0/s1. The van der Waals surface area contributed by atoms with Crippen LogP contribution in [0, 0.1) is 17.7 Å². The van der Waals surface area contributed by atoms with Crippen molar-refractivity contribution in [3.63, 3.8) is 0 Å². The van der Waals surface area contributed by atoms with Crippen molar-refractivity contribution in [2.75, 3.05) is 39.0 Å². The van der Waals surface area contributed by atoms with Gasteiger partial charge in [-0.3, -0.25) is 29.0 Å². The summed E-state index contributed by atoms with van der Waals surface area (Å²) in [5.41, 5.74) is 0.362. The number of nitrogens with two attached hydrogens (primary N) is 1. The molecule has 2 amide bonds. The maximum absolute atomic E-state index is 15.4. The normalized spacial score (nSPS) is 28.5. The average molecular weight is 559 g/mol. The molecular weight excluding hydrogens is 527 g/mol. The molecule has 40 heavy (non-hydrogen) atoms. The average Bonchev–Trinajstić information content (AvgIpc) is 3.37. The van der Waals surface area contributed by atoms with Crippen molar-refractivity contribution in [1.29, 1.82) is 0 Å². The van der Waals surface area contributed by atoms with Crippen molar-refractivity contribution in [2.45, 2.75) is 37.3 Å². The van der Waals surface area contributed by atoms with Gasteiger partial charge in [-0.2, -0.15) is 0 Å². The molecule has 3 aliphatic carbocycles. The summed E-state index contributed by atoms with van der Waals surface area (Å²) < 4.78 is 15.4. The van der Waals surface area contributed by atoms with E-state index in [4.69, 9.17) is 5.73 Å². The number of rotatable bonds is 5. The maximum Gasteiger partial charge on any atom is 0.255 e. The van der Waals surface area contributed by atoms with Gasteiger partial charge in [0.15, 0.2) is 17.1 Å². The third kappa shape index (κ3) is 3.99. The van der Waals surface area contributed by atoms with Crippen LogP contribution in [0.1, 0.15) is 30.4 Å². The van der Waals surface area contributed by atoms with E-state index < -0.39 is 86.7 Å². The topological polar surface area (TPSA) is 194 Å². The molecule has 4 aliphatic rings. The van der Waals surface area contributed by atoms with Gasteiger partial charge < -0.3 is 31.5 Å². The minimum Gasteiger partial charge on any atom is -0.508 e. The third-order valence-corrected chi connectivity index (χ3v) is 8.51. The molecular formula is C27H31FN4O8. The van der Waals surface area contributed by atoms with E-state index in [-0.39, 0.29) is 30.6 Å². The molecule has 1 saturated carbocycles. The van der Waals surface area contributed by atoms with Crippen molar-refractivity contribution in [1.82, 2.24) is 9.80 Å². The first-order valence-electron chi connectivity index (χ1n) is 13.0. The molecule has 13 heteroatoms. The third-order valence-electron chi connectivity index (χ3n) is 8.51. The maximum atomic E-state index is 15.4. The van der Waals surface area contributed by atoms with Gasteiger partial charge in [0.2, 0.25) is 11.7 Å². The second-order valence-corrected chi connectivity index (χ2v) is 11.1. The molecule has 5 rings (SSSR count). The van der Waals surface area contributed by atoms with E-state index in [0.29, 0.717) is 0 Å². The Bertz CT molecular complexity index is 1410. The fraction of sp³-hybridized carbons (Fsp3) is 0.481. The van der Waals surface area contributed by atoms with E-state index in [1.54, 1.807) is 0 Å². The van der Waals surface area contributed by atoms with Gasteiger partial charge in [-0.05, 0) is 58.8 Å². The summed E-state index contributed by atoms with van der Waals surface area (Å²) in [6.45, 7) is 1.49. The van der Waals surface area contributed by atoms with E-state index in [9.17, 15) is 39.6 Å². The lowest BCUT2D eigenvalue weighted by atomic mass is 9.57. The highest BCUT2D eigenvalue weighted by Crippen LogP contribution is 2.53. The number of amides is 2. The first-order chi connectivity index (χ1) is 18.8. The van der Waals surface area contributed by atoms with Gasteiger partial charge in [0.25, 0.3) is 5.91 Å². The molecule has 1 heterocycles. The minimum atomic E-state index is -2.79. The van der Waals surface area contributed by atoms with Gasteiger partial charge in [0.1, 0.15) is 22.9 Å². The number of hydrogen-bond donors (Lipinski definition) is 6. The van der Waals surface area contributed by atoms with E-state index in [2.05, 4.69) is 5.32 Å². The van der Waals surface area contributed by atoms with E-state index >= 15 is 4.39 Å². The van der Waals surface area contributed by atoms with Crippen LogP contribution in [0.4, 0.5) is 10.1 Å². The SMILES string of the molecule is CN(C)[C@@H]1C(=O)C(C(N)=O)=C(O)[C@@]2(O)C(=O)C3=C(O)c4c(O)c(NC(=O)CN5CCCC5)cc(F)c4C[C@H]3C[C@@H]12. The van der Waals surface area contributed by atoms with Crippen LogP contribution in [0.5, 0.6) is 5.75 Å². The molecule has 0 aromatic heterocycles. The molecule has 0 spiro atoms. The highest BCUT2D eigenvalue weighted by atomic mass is 19.1. The lowest BCUT2D eigenvalue weighted by Crippen LogP contribution is -2.65. The Hall–Kier alpha value is -3.81. The Kier molecular flexibility index (Phi) is 6.71. The number of Topliss-reactive ketones (excluding diaryl/α,β-unsaturated/α-hetero) is 2. The highest BCUT2D eigenvalue weighted by Gasteiger charge is 2.64. The predicted molar refractivity (Wildman–Crippen MR) is 139 cm³/mol. The minimum absolute atomic E-state index is 0.0275. The lowest BCUT2D eigenvalue weighted by Gasteiger charge is -2.50. The number of nitrogens with zero attached hydrogens (tertiary/aromatic N) is 2. The molecule has 1 saturated heterocycles. The first-order valence-corrected chi connectivity index (χ1v) is 13.0. The monoisotopic (exact) mass is 558 g/mol. The number of aliphatic hydroxyl groups excluding tert-OH is 2. The number of likely N-dealkylation sites (N-methyl/N-ethyl adjacent to an activating group) is 1. The molecule has 0 bridgehead atoms. The molecule has 4 atom stereocenters. The van der Waals surface area contributed by atoms with Crippen molar-refractivity contribution in [3.8, 4) is 5.75 Å². The van der Waals surface area contributed by atoms with Gasteiger partial charge in [-0.1, -0.05) is 0 Å². The summed E-state index contributed by atoms with van der Waals surface area (Å²) in [6.07, 6.45) is 1.56. The second kappa shape index (κ2) is 9.68. The number of hydrogen-bond acceptors (Lipinski definition) is 10. The molecule has 12 nitrogen and oxygen atoms in total. The molecule has 1 aromatic carbocycles. The summed E-state index contributed by atoms with van der Waals surface area (Å²) in [7, 11) is 2.98. The van der Waals surface area contributed by atoms with E-state index in [1.165, 1.54) is 19.0 Å². The summed E-state index contributed by atoms with van der Waals surface area (Å²) in [6, 6.07) is -0.292. The predicted octanol–water partition coefficient (Wildman–Crippen LogP) is 0.137. The molecule has 1 aromatic rings. The smallest absolute Gasteiger partial charge is 0.255 e. The summed E-state index contributed by atoms with van der Waals surface area (Å²) in [4.78, 5) is 54.8. The summed E-state index contributed by atoms with van der Waals surface area (Å²) in [5.74, 6) is -9.61. The Morgan fingerprint density at radius 2 is 1.85 bits per heavy atom. The van der Waals surface area contributed by atoms with Crippen molar-refractivity contribution >= 4 is 34.8 Å². The van der Waals surface area contributed by atoms with Crippen LogP contribution in [0.2, 0.25) is 0 Å². The Morgan fingerprint density at radius 1 is 1.20 bits per heavy atom. The number of phenolic OH excluding ortho intramolecular Hbond substituents is 1. The zero-order valence-electron chi connectivity index (χ0n) is 22.0. The van der Waals surface area contributed by atoms with Gasteiger partial charge in [-0.25, -0.2) is 4.39 Å². The van der Waals surface area contributed by atoms with Crippen molar-refractivity contribution in [3.05, 3.63) is 39.9 Å². The highest BCUT2D eigenvalue weighted by molar-refractivity contribution is 6.24. The summed E-state index contributed by atoms with van der Waals surface area (Å²) in [5, 5.41) is 47.2. The van der Waals surface area contributed by atoms with Crippen LogP contribution in [-0.4, -0.2) is 99.0 Å². The van der Waals surface area contributed by atoms with Crippen LogP contribution < -0.4 is 11.1 Å². The Morgan fingerprint density at radius 3 is 2.45 bits per heavy atom. The number of benzene rings is 1. The number of carbonyl (C=O) groups excluding carboxylic acids is 4. The summed E-state index contributed by atoms with van der Waals surface area (Å²) >= 11 is 0. The molecule has 2 fully saturated rings. The number of aromatic hydroxyl groups is 1. The van der Waals surface area contributed by atoms with Crippen molar-refractivity contribution in [2.24, 2.45) is 17.6 Å². The molecule has 214 valence electrons. The van der Waals surface area contributed by atoms with Crippen LogP contribution in [0.3, 0.4) is 0 Å². The van der Waals surface area contributed by atoms with Gasteiger partial charge in [0, 0.05) is 23.1 Å². The number of anilines is 1. The fourth-order valence-corrected chi connectivity index (χ4v) is 6.69. The number of nitrogens with one attached hydrogen (secondary N) is 1. The Balaban J connectivity index is 1.60. The zero-order chi connectivity index (χ0) is 29.3. The number of primary amides is 1. The number of carbonyl (C=O) groups is 4. The second-order valence-electron chi connectivity index (χ2n) is 11.1. The van der Waals surface area contributed by atoms with Crippen LogP contribution in [-0.2, 0) is 25.6 Å². The lowest BCUT2D eigenvalue weighted by molar-refractivity contribution is -0.153. The van der Waals surface area contributed by atoms with Gasteiger partial charge >= 0.3 is 0 Å². The first kappa shape index (κ1) is 27.7. The number of phenols is 1. The van der Waals surface area contributed by atoms with Crippen LogP contribution >= 0.6 is 0 Å².